The molecule has 0 aromatic rings. The molecule has 0 N–H and O–H groups in total. The minimum absolute atomic E-state index is 0.0422. The van der Waals surface area contributed by atoms with Crippen LogP contribution in [0.15, 0.2) is 12.2 Å². The second-order valence-corrected chi connectivity index (χ2v) is 11.6. The first-order valence-corrected chi connectivity index (χ1v) is 16.6. The van der Waals surface area contributed by atoms with Crippen molar-refractivity contribution in [1.29, 1.82) is 0 Å². The van der Waals surface area contributed by atoms with Gasteiger partial charge in [-0.15, -0.1) is 0 Å². The summed E-state index contributed by atoms with van der Waals surface area (Å²) in [5, 5.41) is 0. The van der Waals surface area contributed by atoms with E-state index in [0.29, 0.717) is 19.4 Å². The predicted molar refractivity (Wildman–Crippen MR) is 166 cm³/mol. The molecule has 230 valence electrons. The maximum atomic E-state index is 12.4. The molecular formula is C34H65NO4. The number of esters is 2. The zero-order valence-electron chi connectivity index (χ0n) is 26.5. The van der Waals surface area contributed by atoms with E-state index < -0.39 is 0 Å². The highest BCUT2D eigenvalue weighted by Gasteiger charge is 2.14. The highest BCUT2D eigenvalue weighted by molar-refractivity contribution is 5.69. The van der Waals surface area contributed by atoms with Crippen molar-refractivity contribution in [3.05, 3.63) is 12.2 Å². The summed E-state index contributed by atoms with van der Waals surface area (Å²) in [6, 6.07) is 0. The third kappa shape index (κ3) is 29.4. The predicted octanol–water partition coefficient (Wildman–Crippen LogP) is 9.57. The van der Waals surface area contributed by atoms with E-state index >= 15 is 0 Å². The number of hydrogen-bond donors (Lipinski definition) is 0. The van der Waals surface area contributed by atoms with Crippen molar-refractivity contribution in [3.8, 4) is 0 Å². The van der Waals surface area contributed by atoms with Gasteiger partial charge in [-0.25, -0.2) is 0 Å². The van der Waals surface area contributed by atoms with Gasteiger partial charge < -0.3 is 14.4 Å². The molecule has 0 aliphatic rings. The van der Waals surface area contributed by atoms with Crippen molar-refractivity contribution in [3.63, 3.8) is 0 Å². The van der Waals surface area contributed by atoms with E-state index in [0.717, 1.165) is 64.3 Å². The molecule has 0 bridgehead atoms. The minimum atomic E-state index is -0.0947. The Morgan fingerprint density at radius 2 is 1.13 bits per heavy atom. The summed E-state index contributed by atoms with van der Waals surface area (Å²) >= 11 is 0. The van der Waals surface area contributed by atoms with Gasteiger partial charge in [-0.2, -0.15) is 0 Å². The summed E-state index contributed by atoms with van der Waals surface area (Å²) in [7, 11) is 4.06. The summed E-state index contributed by atoms with van der Waals surface area (Å²) in [5.74, 6) is -0.142. The topological polar surface area (TPSA) is 55.8 Å². The van der Waals surface area contributed by atoms with E-state index in [1.807, 2.05) is 20.2 Å². The van der Waals surface area contributed by atoms with Crippen molar-refractivity contribution in [1.82, 2.24) is 4.90 Å². The smallest absolute Gasteiger partial charge is 0.306 e. The molecule has 0 spiro atoms. The van der Waals surface area contributed by atoms with Gasteiger partial charge in [-0.1, -0.05) is 109 Å². The van der Waals surface area contributed by atoms with Crippen molar-refractivity contribution >= 4 is 11.9 Å². The Kier molecular flexibility index (Phi) is 28.6. The summed E-state index contributed by atoms with van der Waals surface area (Å²) in [6.45, 7) is 5.80. The van der Waals surface area contributed by atoms with Crippen LogP contribution >= 0.6 is 0 Å². The third-order valence-corrected chi connectivity index (χ3v) is 7.30. The highest BCUT2D eigenvalue weighted by atomic mass is 16.5. The molecule has 1 atom stereocenters. The molecule has 0 heterocycles. The Morgan fingerprint density at radius 1 is 0.615 bits per heavy atom. The van der Waals surface area contributed by atoms with Crippen LogP contribution in [0.25, 0.3) is 0 Å². The summed E-state index contributed by atoms with van der Waals surface area (Å²) in [6.07, 6.45) is 29.8. The van der Waals surface area contributed by atoms with E-state index in [-0.39, 0.29) is 18.0 Å². The normalized spacial score (nSPS) is 12.3. The van der Waals surface area contributed by atoms with Crippen LogP contribution < -0.4 is 0 Å². The van der Waals surface area contributed by atoms with Crippen LogP contribution in [-0.4, -0.2) is 50.2 Å². The molecule has 5 nitrogen and oxygen atoms in total. The Balaban J connectivity index is 3.99. The largest absolute Gasteiger partial charge is 0.462 e. The van der Waals surface area contributed by atoms with Gasteiger partial charge in [0.05, 0.1) is 0 Å². The second kappa shape index (κ2) is 29.6. The molecule has 0 aliphatic carbocycles. The summed E-state index contributed by atoms with van der Waals surface area (Å²) in [5.41, 5.74) is 0. The molecule has 5 heteroatoms. The molecule has 0 radical (unpaired) electrons. The molecule has 1 unspecified atom stereocenters. The van der Waals surface area contributed by atoms with Crippen molar-refractivity contribution in [2.45, 2.75) is 168 Å². The fraction of sp³-hybridized carbons (Fsp3) is 0.882. The summed E-state index contributed by atoms with van der Waals surface area (Å²) < 4.78 is 11.2. The van der Waals surface area contributed by atoms with Crippen molar-refractivity contribution in [2.75, 3.05) is 27.2 Å². The molecule has 0 aromatic heterocycles. The lowest BCUT2D eigenvalue weighted by Gasteiger charge is -2.18. The molecule has 0 amide bonds. The maximum Gasteiger partial charge on any atom is 0.306 e. The van der Waals surface area contributed by atoms with Gasteiger partial charge in [-0.3, -0.25) is 9.59 Å². The van der Waals surface area contributed by atoms with Gasteiger partial charge in [0.2, 0.25) is 0 Å². The maximum absolute atomic E-state index is 12.4. The molecule has 39 heavy (non-hydrogen) atoms. The van der Waals surface area contributed by atoms with E-state index in [2.05, 4.69) is 24.8 Å². The molecule has 0 saturated heterocycles. The van der Waals surface area contributed by atoms with Crippen molar-refractivity contribution < 1.29 is 19.1 Å². The highest BCUT2D eigenvalue weighted by Crippen LogP contribution is 2.18. The zero-order valence-corrected chi connectivity index (χ0v) is 26.5. The van der Waals surface area contributed by atoms with Crippen LogP contribution in [-0.2, 0) is 19.1 Å². The van der Waals surface area contributed by atoms with Crippen LogP contribution in [0.2, 0.25) is 0 Å². The lowest BCUT2D eigenvalue weighted by atomic mass is 10.0. The molecule has 0 aromatic carbocycles. The first kappa shape index (κ1) is 37.6. The Bertz CT molecular complexity index is 576. The van der Waals surface area contributed by atoms with Gasteiger partial charge in [-0.05, 0) is 72.0 Å². The number of unbranched alkanes of at least 4 members (excludes halogenated alkanes) is 15. The van der Waals surface area contributed by atoms with E-state index in [4.69, 9.17) is 9.47 Å². The van der Waals surface area contributed by atoms with Crippen molar-refractivity contribution in [2.24, 2.45) is 0 Å². The van der Waals surface area contributed by atoms with E-state index in [1.54, 1.807) is 0 Å². The Hall–Kier alpha value is -1.36. The average Bonchev–Trinajstić information content (AvgIpc) is 2.90. The van der Waals surface area contributed by atoms with E-state index in [9.17, 15) is 9.59 Å². The summed E-state index contributed by atoms with van der Waals surface area (Å²) in [4.78, 5) is 26.5. The Labute approximate surface area is 242 Å². The SMILES string of the molecule is CCCCCCCCC=CCOC(=O)CCCCCCC(CCCCCCCCC)OC(=O)CCCN(C)C. The first-order chi connectivity index (χ1) is 19.0. The van der Waals surface area contributed by atoms with Gasteiger partial charge in [0.25, 0.3) is 0 Å². The van der Waals surface area contributed by atoms with Crippen LogP contribution in [0.5, 0.6) is 0 Å². The van der Waals surface area contributed by atoms with Crippen LogP contribution in [0.3, 0.4) is 0 Å². The number of allylic oxidation sites excluding steroid dienone is 1. The van der Waals surface area contributed by atoms with Gasteiger partial charge in [0.1, 0.15) is 12.7 Å². The fourth-order valence-corrected chi connectivity index (χ4v) is 4.81. The second-order valence-electron chi connectivity index (χ2n) is 11.6. The van der Waals surface area contributed by atoms with Gasteiger partial charge >= 0.3 is 11.9 Å². The Morgan fingerprint density at radius 3 is 1.72 bits per heavy atom. The van der Waals surface area contributed by atoms with Gasteiger partial charge in [0.15, 0.2) is 0 Å². The van der Waals surface area contributed by atoms with Crippen LogP contribution in [0.1, 0.15) is 162 Å². The number of ether oxygens (including phenoxy) is 2. The quantitative estimate of drug-likeness (QED) is 0.0526. The van der Waals surface area contributed by atoms with E-state index in [1.165, 1.54) is 77.0 Å². The first-order valence-electron chi connectivity index (χ1n) is 16.6. The van der Waals surface area contributed by atoms with Crippen LogP contribution in [0.4, 0.5) is 0 Å². The van der Waals surface area contributed by atoms with Crippen LogP contribution in [0, 0.1) is 0 Å². The molecular weight excluding hydrogens is 486 g/mol. The molecule has 0 aliphatic heterocycles. The standard InChI is InChI=1S/C34H65NO4/c1-5-7-9-11-13-14-16-20-24-31-38-33(36)28-23-19-18-22-27-32(26-21-17-15-12-10-8-6-2)39-34(37)29-25-30-35(3)4/h20,24,32H,5-19,21-23,25-31H2,1-4H3. The lowest BCUT2D eigenvalue weighted by Crippen LogP contribution is -2.20. The lowest BCUT2D eigenvalue weighted by molar-refractivity contribution is -0.150. The number of hydrogen-bond acceptors (Lipinski definition) is 5. The minimum Gasteiger partial charge on any atom is -0.462 e. The number of carbonyl (C=O) groups excluding carboxylic acids is 2. The molecule has 0 rings (SSSR count). The average molecular weight is 552 g/mol. The number of rotatable bonds is 29. The fourth-order valence-electron chi connectivity index (χ4n) is 4.81. The third-order valence-electron chi connectivity index (χ3n) is 7.30. The molecule has 0 fully saturated rings. The number of nitrogens with zero attached hydrogens (tertiary/aromatic N) is 1. The monoisotopic (exact) mass is 551 g/mol. The van der Waals surface area contributed by atoms with Gasteiger partial charge in [0, 0.05) is 12.8 Å². The molecule has 0 saturated carbocycles. The number of carbonyl (C=O) groups is 2. The zero-order chi connectivity index (χ0) is 28.8.